The van der Waals surface area contributed by atoms with Gasteiger partial charge >= 0.3 is 0 Å². The minimum atomic E-state index is 0.418. The lowest BCUT2D eigenvalue weighted by atomic mass is 10.0. The molecule has 1 aliphatic heterocycles. The third-order valence-electron chi connectivity index (χ3n) is 2.96. The molecule has 0 unspecified atom stereocenters. The van der Waals surface area contributed by atoms with E-state index >= 15 is 0 Å². The van der Waals surface area contributed by atoms with Gasteiger partial charge < -0.3 is 9.84 Å². The van der Waals surface area contributed by atoms with Gasteiger partial charge in [0.05, 0.1) is 0 Å². The van der Waals surface area contributed by atoms with Gasteiger partial charge in [0.15, 0.2) is 5.82 Å². The summed E-state index contributed by atoms with van der Waals surface area (Å²) in [5, 5.41) is 7.23. The van der Waals surface area contributed by atoms with Crippen LogP contribution in [0.25, 0.3) is 11.5 Å². The molecule has 0 amide bonds. The van der Waals surface area contributed by atoms with Crippen molar-refractivity contribution in [1.82, 2.24) is 15.5 Å². The van der Waals surface area contributed by atoms with E-state index in [-0.39, 0.29) is 0 Å². The predicted octanol–water partition coefficient (Wildman–Crippen LogP) is 1.73. The van der Waals surface area contributed by atoms with Crippen LogP contribution in [0.5, 0.6) is 0 Å². The van der Waals surface area contributed by atoms with Gasteiger partial charge in [-0.1, -0.05) is 23.4 Å². The van der Waals surface area contributed by atoms with E-state index in [1.54, 1.807) is 0 Å². The van der Waals surface area contributed by atoms with Crippen LogP contribution in [0, 0.1) is 6.92 Å². The van der Waals surface area contributed by atoms with Crippen LogP contribution >= 0.6 is 0 Å². The first kappa shape index (κ1) is 9.54. The van der Waals surface area contributed by atoms with Crippen molar-refractivity contribution in [3.63, 3.8) is 0 Å². The minimum absolute atomic E-state index is 0.418. The smallest absolute Gasteiger partial charge is 0.258 e. The third kappa shape index (κ3) is 1.51. The predicted molar refractivity (Wildman–Crippen MR) is 60.1 cm³/mol. The van der Waals surface area contributed by atoms with Crippen molar-refractivity contribution in [2.24, 2.45) is 0 Å². The molecule has 2 aromatic rings. The summed E-state index contributed by atoms with van der Waals surface area (Å²) in [5.41, 5.74) is 2.18. The van der Waals surface area contributed by atoms with Crippen LogP contribution < -0.4 is 5.32 Å². The Morgan fingerprint density at radius 3 is 2.81 bits per heavy atom. The Hall–Kier alpha value is -1.68. The van der Waals surface area contributed by atoms with Gasteiger partial charge in [-0.25, -0.2) is 0 Å². The average Bonchev–Trinajstić information content (AvgIpc) is 2.65. The number of rotatable bonds is 2. The Morgan fingerprint density at radius 2 is 2.12 bits per heavy atom. The second kappa shape index (κ2) is 3.72. The molecule has 16 heavy (non-hydrogen) atoms. The number of hydrogen-bond donors (Lipinski definition) is 1. The second-order valence-corrected chi connectivity index (χ2v) is 4.13. The second-order valence-electron chi connectivity index (χ2n) is 4.13. The highest BCUT2D eigenvalue weighted by Gasteiger charge is 2.24. The molecule has 4 nitrogen and oxygen atoms in total. The lowest BCUT2D eigenvalue weighted by Gasteiger charge is -2.23. The fourth-order valence-corrected chi connectivity index (χ4v) is 1.79. The van der Waals surface area contributed by atoms with Gasteiger partial charge in [-0.05, 0) is 18.6 Å². The van der Waals surface area contributed by atoms with Crippen LogP contribution in [-0.4, -0.2) is 23.2 Å². The van der Waals surface area contributed by atoms with Crippen LogP contribution in [0.4, 0.5) is 0 Å². The van der Waals surface area contributed by atoms with Gasteiger partial charge in [0.2, 0.25) is 0 Å². The summed E-state index contributed by atoms with van der Waals surface area (Å²) in [6, 6.07) is 8.04. The van der Waals surface area contributed by atoms with Gasteiger partial charge in [0.25, 0.3) is 5.89 Å². The summed E-state index contributed by atoms with van der Waals surface area (Å²) in [4.78, 5) is 4.45. The minimum Gasteiger partial charge on any atom is -0.334 e. The number of nitrogens with zero attached hydrogens (tertiary/aromatic N) is 2. The zero-order valence-electron chi connectivity index (χ0n) is 9.10. The van der Waals surface area contributed by atoms with E-state index in [0.29, 0.717) is 11.8 Å². The molecule has 1 aliphatic rings. The monoisotopic (exact) mass is 215 g/mol. The SMILES string of the molecule is Cc1ccccc1-c1nc(C2CNC2)no1. The Labute approximate surface area is 93.7 Å². The van der Waals surface area contributed by atoms with Gasteiger partial charge in [-0.3, -0.25) is 0 Å². The van der Waals surface area contributed by atoms with Gasteiger partial charge in [-0.15, -0.1) is 0 Å². The summed E-state index contributed by atoms with van der Waals surface area (Å²) in [5.74, 6) is 1.86. The molecule has 1 N–H and O–H groups in total. The quantitative estimate of drug-likeness (QED) is 0.829. The van der Waals surface area contributed by atoms with Crippen LogP contribution in [0.15, 0.2) is 28.8 Å². The fraction of sp³-hybridized carbons (Fsp3) is 0.333. The molecular weight excluding hydrogens is 202 g/mol. The van der Waals surface area contributed by atoms with E-state index in [2.05, 4.69) is 15.5 Å². The summed E-state index contributed by atoms with van der Waals surface area (Å²) in [6.45, 7) is 3.95. The van der Waals surface area contributed by atoms with Gasteiger partial charge in [0.1, 0.15) is 0 Å². The molecule has 2 heterocycles. The van der Waals surface area contributed by atoms with Crippen molar-refractivity contribution in [2.45, 2.75) is 12.8 Å². The molecule has 1 saturated heterocycles. The maximum absolute atomic E-state index is 5.30. The standard InChI is InChI=1S/C12H13N3O/c1-8-4-2-3-5-10(8)12-14-11(15-16-12)9-6-13-7-9/h2-5,9,13H,6-7H2,1H3. The Morgan fingerprint density at radius 1 is 1.31 bits per heavy atom. The molecule has 1 aromatic carbocycles. The number of aryl methyl sites for hydroxylation is 1. The molecule has 4 heteroatoms. The molecule has 0 saturated carbocycles. The number of hydrogen-bond acceptors (Lipinski definition) is 4. The number of aromatic nitrogens is 2. The average molecular weight is 215 g/mol. The zero-order valence-corrected chi connectivity index (χ0v) is 9.10. The Balaban J connectivity index is 1.95. The molecule has 0 bridgehead atoms. The van der Waals surface area contributed by atoms with E-state index in [0.717, 1.165) is 30.0 Å². The van der Waals surface area contributed by atoms with Gasteiger partial charge in [-0.2, -0.15) is 4.98 Å². The highest BCUT2D eigenvalue weighted by molar-refractivity contribution is 5.57. The first-order valence-electron chi connectivity index (χ1n) is 5.45. The van der Waals surface area contributed by atoms with Crippen molar-refractivity contribution in [2.75, 3.05) is 13.1 Å². The highest BCUT2D eigenvalue weighted by atomic mass is 16.5. The summed E-state index contributed by atoms with van der Waals surface area (Å²) < 4.78 is 5.30. The van der Waals surface area contributed by atoms with E-state index in [1.165, 1.54) is 0 Å². The Bertz CT molecular complexity index is 502. The van der Waals surface area contributed by atoms with Crippen molar-refractivity contribution in [3.05, 3.63) is 35.7 Å². The fourth-order valence-electron chi connectivity index (χ4n) is 1.79. The van der Waals surface area contributed by atoms with Crippen molar-refractivity contribution < 1.29 is 4.52 Å². The molecule has 82 valence electrons. The summed E-state index contributed by atoms with van der Waals surface area (Å²) in [6.07, 6.45) is 0. The third-order valence-corrected chi connectivity index (χ3v) is 2.96. The van der Waals surface area contributed by atoms with E-state index in [1.807, 2.05) is 31.2 Å². The molecule has 1 aromatic heterocycles. The molecule has 3 rings (SSSR count). The topological polar surface area (TPSA) is 51.0 Å². The molecule has 0 radical (unpaired) electrons. The lowest BCUT2D eigenvalue weighted by Crippen LogP contribution is -2.40. The first-order chi connectivity index (χ1) is 7.84. The normalized spacial score (nSPS) is 16.1. The van der Waals surface area contributed by atoms with Crippen molar-refractivity contribution in [1.29, 1.82) is 0 Å². The number of nitrogens with one attached hydrogen (secondary N) is 1. The number of benzene rings is 1. The van der Waals surface area contributed by atoms with Crippen LogP contribution in [0.1, 0.15) is 17.3 Å². The van der Waals surface area contributed by atoms with E-state index in [4.69, 9.17) is 4.52 Å². The molecular formula is C12H13N3O. The van der Waals surface area contributed by atoms with E-state index < -0.39 is 0 Å². The largest absolute Gasteiger partial charge is 0.334 e. The van der Waals surface area contributed by atoms with Crippen LogP contribution in [-0.2, 0) is 0 Å². The summed E-state index contributed by atoms with van der Waals surface area (Å²) >= 11 is 0. The van der Waals surface area contributed by atoms with Gasteiger partial charge in [0, 0.05) is 24.6 Å². The molecule has 1 fully saturated rings. The lowest BCUT2D eigenvalue weighted by molar-refractivity contribution is 0.382. The molecule has 0 aliphatic carbocycles. The van der Waals surface area contributed by atoms with Crippen molar-refractivity contribution >= 4 is 0 Å². The molecule has 0 atom stereocenters. The van der Waals surface area contributed by atoms with E-state index in [9.17, 15) is 0 Å². The van der Waals surface area contributed by atoms with Crippen molar-refractivity contribution in [3.8, 4) is 11.5 Å². The summed E-state index contributed by atoms with van der Waals surface area (Å²) in [7, 11) is 0. The van der Waals surface area contributed by atoms with Crippen LogP contribution in [0.2, 0.25) is 0 Å². The zero-order chi connectivity index (χ0) is 11.0. The first-order valence-corrected chi connectivity index (χ1v) is 5.45. The Kier molecular flexibility index (Phi) is 2.22. The highest BCUT2D eigenvalue weighted by Crippen LogP contribution is 2.24. The maximum Gasteiger partial charge on any atom is 0.258 e. The maximum atomic E-state index is 5.30. The van der Waals surface area contributed by atoms with Crippen LogP contribution in [0.3, 0.4) is 0 Å². The molecule has 0 spiro atoms.